The Kier molecular flexibility index (Phi) is 4.85. The fourth-order valence-corrected chi connectivity index (χ4v) is 4.29. The third kappa shape index (κ3) is 3.48. The first-order valence-electron chi connectivity index (χ1n) is 10.3. The molecule has 0 saturated carbocycles. The molecule has 0 radical (unpaired) electrons. The van der Waals surface area contributed by atoms with Crippen molar-refractivity contribution in [3.63, 3.8) is 0 Å². The molecule has 1 aliphatic heterocycles. The summed E-state index contributed by atoms with van der Waals surface area (Å²) in [6, 6.07) is 9.61. The van der Waals surface area contributed by atoms with Gasteiger partial charge in [0, 0.05) is 42.6 Å². The Morgan fingerprint density at radius 3 is 2.69 bits per heavy atom. The molecule has 0 bridgehead atoms. The molecular weight excluding hydrogens is 419 g/mol. The van der Waals surface area contributed by atoms with Gasteiger partial charge in [-0.1, -0.05) is 6.07 Å². The van der Waals surface area contributed by atoms with E-state index in [-0.39, 0.29) is 5.69 Å². The molecule has 0 saturated heterocycles. The first-order chi connectivity index (χ1) is 15.3. The predicted octanol–water partition coefficient (Wildman–Crippen LogP) is 3.84. The number of nitrogens with zero attached hydrogens (tertiary/aromatic N) is 4. The topological polar surface area (TPSA) is 64.7 Å². The number of halogens is 3. The van der Waals surface area contributed by atoms with Gasteiger partial charge in [-0.15, -0.1) is 0 Å². The van der Waals surface area contributed by atoms with E-state index in [1.165, 1.54) is 21.9 Å². The van der Waals surface area contributed by atoms with Gasteiger partial charge in [-0.3, -0.25) is 9.55 Å². The molecular formula is C23H20F3N5O. The molecule has 4 aromatic rings. The summed E-state index contributed by atoms with van der Waals surface area (Å²) >= 11 is 0. The fourth-order valence-electron chi connectivity index (χ4n) is 4.29. The molecule has 4 heterocycles. The molecule has 0 aliphatic carbocycles. The van der Waals surface area contributed by atoms with Crippen molar-refractivity contribution in [2.24, 2.45) is 7.05 Å². The smallest absolute Gasteiger partial charge is 0.347 e. The maximum absolute atomic E-state index is 12.7. The van der Waals surface area contributed by atoms with Crippen LogP contribution >= 0.6 is 0 Å². The van der Waals surface area contributed by atoms with Crippen molar-refractivity contribution in [1.82, 2.24) is 24.4 Å². The van der Waals surface area contributed by atoms with Crippen LogP contribution < -0.4 is 11.0 Å². The Balaban J connectivity index is 1.52. The minimum absolute atomic E-state index is 0.269. The van der Waals surface area contributed by atoms with Crippen LogP contribution in [0.5, 0.6) is 0 Å². The van der Waals surface area contributed by atoms with Gasteiger partial charge in [-0.05, 0) is 55.3 Å². The molecule has 0 spiro atoms. The Morgan fingerprint density at radius 2 is 1.97 bits per heavy atom. The summed E-state index contributed by atoms with van der Waals surface area (Å²) < 4.78 is 41.8. The molecule has 1 aliphatic rings. The van der Waals surface area contributed by atoms with Crippen LogP contribution in [-0.4, -0.2) is 25.6 Å². The van der Waals surface area contributed by atoms with E-state index < -0.39 is 17.6 Å². The largest absolute Gasteiger partial charge is 0.433 e. The Bertz CT molecular complexity index is 1370. The van der Waals surface area contributed by atoms with Crippen molar-refractivity contribution in [2.75, 3.05) is 6.54 Å². The zero-order chi connectivity index (χ0) is 22.5. The van der Waals surface area contributed by atoms with Crippen molar-refractivity contribution in [3.8, 4) is 16.9 Å². The second kappa shape index (κ2) is 7.59. The molecule has 32 heavy (non-hydrogen) atoms. The van der Waals surface area contributed by atoms with Crippen LogP contribution in [0, 0.1) is 0 Å². The first-order valence-corrected chi connectivity index (χ1v) is 10.3. The standard InChI is InChI=1S/C23H20F3N5O/c1-30-19-3-2-9-27-13-17(19)16-6-5-15(11-20(16)30)31-10-8-18(29-22(31)32)14-4-7-21(28-12-14)23(24,25)26/h4-8,10-12,27H,2-3,9,13H2,1H3. The number of rotatable bonds is 2. The van der Waals surface area contributed by atoms with Crippen molar-refractivity contribution in [2.45, 2.75) is 25.6 Å². The third-order valence-corrected chi connectivity index (χ3v) is 5.92. The Morgan fingerprint density at radius 1 is 1.12 bits per heavy atom. The minimum Gasteiger partial charge on any atom is -0.347 e. The van der Waals surface area contributed by atoms with E-state index in [0.717, 1.165) is 49.1 Å². The Labute approximate surface area is 181 Å². The third-order valence-electron chi connectivity index (χ3n) is 5.92. The molecule has 0 fully saturated rings. The van der Waals surface area contributed by atoms with Gasteiger partial charge in [0.25, 0.3) is 0 Å². The number of nitrogens with one attached hydrogen (secondary N) is 1. The summed E-state index contributed by atoms with van der Waals surface area (Å²) in [6.45, 7) is 1.82. The van der Waals surface area contributed by atoms with Crippen LogP contribution in [0.4, 0.5) is 13.2 Å². The number of hydrogen-bond acceptors (Lipinski definition) is 4. The lowest BCUT2D eigenvalue weighted by Crippen LogP contribution is -2.21. The quantitative estimate of drug-likeness (QED) is 0.516. The normalized spacial score (nSPS) is 14.4. The molecule has 164 valence electrons. The molecule has 1 N–H and O–H groups in total. The van der Waals surface area contributed by atoms with E-state index in [4.69, 9.17) is 0 Å². The first kappa shape index (κ1) is 20.4. The second-order valence-electron chi connectivity index (χ2n) is 7.86. The molecule has 5 rings (SSSR count). The lowest BCUT2D eigenvalue weighted by Gasteiger charge is -2.09. The molecule has 0 amide bonds. The van der Waals surface area contributed by atoms with Gasteiger partial charge in [0.15, 0.2) is 0 Å². The molecule has 0 atom stereocenters. The van der Waals surface area contributed by atoms with E-state index >= 15 is 0 Å². The van der Waals surface area contributed by atoms with Crippen molar-refractivity contribution < 1.29 is 13.2 Å². The summed E-state index contributed by atoms with van der Waals surface area (Å²) in [4.78, 5) is 20.2. The molecule has 9 heteroatoms. The number of hydrogen-bond donors (Lipinski definition) is 1. The van der Waals surface area contributed by atoms with Gasteiger partial charge in [0.05, 0.1) is 16.9 Å². The van der Waals surface area contributed by atoms with Crippen LogP contribution in [-0.2, 0) is 26.2 Å². The molecule has 1 aromatic carbocycles. The monoisotopic (exact) mass is 439 g/mol. The van der Waals surface area contributed by atoms with Crippen molar-refractivity contribution in [3.05, 3.63) is 76.2 Å². The summed E-state index contributed by atoms with van der Waals surface area (Å²) in [5.74, 6) is 0. The molecule has 6 nitrogen and oxygen atoms in total. The molecule has 3 aromatic heterocycles. The summed E-state index contributed by atoms with van der Waals surface area (Å²) in [6.07, 6.45) is 0.221. The van der Waals surface area contributed by atoms with Gasteiger partial charge < -0.3 is 9.88 Å². The predicted molar refractivity (Wildman–Crippen MR) is 115 cm³/mol. The highest BCUT2D eigenvalue weighted by Crippen LogP contribution is 2.30. The van der Waals surface area contributed by atoms with Crippen molar-refractivity contribution in [1.29, 1.82) is 0 Å². The van der Waals surface area contributed by atoms with Crippen LogP contribution in [0.2, 0.25) is 0 Å². The molecule has 0 unspecified atom stereocenters. The zero-order valence-corrected chi connectivity index (χ0v) is 17.3. The van der Waals surface area contributed by atoms with E-state index in [1.807, 2.05) is 25.2 Å². The lowest BCUT2D eigenvalue weighted by atomic mass is 10.1. The van der Waals surface area contributed by atoms with Gasteiger partial charge in [0.2, 0.25) is 0 Å². The fraction of sp³-hybridized carbons (Fsp3) is 0.261. The minimum atomic E-state index is -4.51. The highest BCUT2D eigenvalue weighted by Gasteiger charge is 2.32. The Hall–Kier alpha value is -3.46. The number of fused-ring (bicyclic) bond motifs is 3. The summed E-state index contributed by atoms with van der Waals surface area (Å²) in [7, 11) is 2.04. The SMILES string of the molecule is Cn1c2c(c3ccc(-n4ccc(-c5ccc(C(F)(F)F)nc5)nc4=O)cc31)CNCCC2. The van der Waals surface area contributed by atoms with Crippen LogP contribution in [0.25, 0.3) is 27.8 Å². The van der Waals surface area contributed by atoms with Gasteiger partial charge in [-0.25, -0.2) is 4.79 Å². The van der Waals surface area contributed by atoms with E-state index in [0.29, 0.717) is 11.3 Å². The highest BCUT2D eigenvalue weighted by atomic mass is 19.4. The van der Waals surface area contributed by atoms with Crippen LogP contribution in [0.15, 0.2) is 53.6 Å². The van der Waals surface area contributed by atoms with Gasteiger partial charge in [-0.2, -0.15) is 18.2 Å². The average molecular weight is 439 g/mol. The maximum atomic E-state index is 12.7. The van der Waals surface area contributed by atoms with Crippen LogP contribution in [0.1, 0.15) is 23.4 Å². The van der Waals surface area contributed by atoms with Crippen LogP contribution in [0.3, 0.4) is 0 Å². The summed E-state index contributed by atoms with van der Waals surface area (Å²) in [5, 5.41) is 4.61. The number of alkyl halides is 3. The van der Waals surface area contributed by atoms with Gasteiger partial charge >= 0.3 is 11.9 Å². The average Bonchev–Trinajstić information content (AvgIpc) is 2.93. The lowest BCUT2D eigenvalue weighted by molar-refractivity contribution is -0.141. The van der Waals surface area contributed by atoms with Crippen molar-refractivity contribution >= 4 is 10.9 Å². The number of pyridine rings is 1. The zero-order valence-electron chi connectivity index (χ0n) is 17.3. The highest BCUT2D eigenvalue weighted by molar-refractivity contribution is 5.87. The van der Waals surface area contributed by atoms with Gasteiger partial charge in [0.1, 0.15) is 5.69 Å². The number of benzene rings is 1. The summed E-state index contributed by atoms with van der Waals surface area (Å²) in [5.41, 5.74) is 3.43. The van der Waals surface area contributed by atoms with E-state index in [9.17, 15) is 18.0 Å². The second-order valence-corrected chi connectivity index (χ2v) is 7.86. The maximum Gasteiger partial charge on any atom is 0.433 e. The number of aromatic nitrogens is 4. The number of aryl methyl sites for hydroxylation is 1. The van der Waals surface area contributed by atoms with E-state index in [1.54, 1.807) is 12.3 Å². The van der Waals surface area contributed by atoms with E-state index in [2.05, 4.69) is 19.9 Å².